The number of hydrogen-bond donors (Lipinski definition) is 2. The molecule has 2 bridgehead atoms. The number of nitrogens with one attached hydrogen (secondary N) is 2. The molecule has 2 unspecified atom stereocenters. The van der Waals surface area contributed by atoms with Crippen molar-refractivity contribution in [3.8, 4) is 0 Å². The summed E-state index contributed by atoms with van der Waals surface area (Å²) in [6.45, 7) is 1.02. The maximum Gasteiger partial charge on any atom is 0.319 e. The molecule has 2 aromatic rings. The lowest BCUT2D eigenvalue weighted by molar-refractivity contribution is 0.112. The highest BCUT2D eigenvalue weighted by molar-refractivity contribution is 7.98. The summed E-state index contributed by atoms with van der Waals surface area (Å²) in [5.74, 6) is 0. The van der Waals surface area contributed by atoms with Crippen molar-refractivity contribution in [2.24, 2.45) is 0 Å². The highest BCUT2D eigenvalue weighted by atomic mass is 32.2. The van der Waals surface area contributed by atoms with E-state index in [9.17, 15) is 4.79 Å². The van der Waals surface area contributed by atoms with Gasteiger partial charge in [0, 0.05) is 35.3 Å². The summed E-state index contributed by atoms with van der Waals surface area (Å²) in [6, 6.07) is 20.0. The molecule has 2 aromatic carbocycles. The number of amides is 2. The van der Waals surface area contributed by atoms with Crippen LogP contribution in [-0.4, -0.2) is 35.3 Å². The molecule has 2 aliphatic rings. The molecule has 4 nitrogen and oxygen atoms in total. The van der Waals surface area contributed by atoms with Gasteiger partial charge in [-0.3, -0.25) is 4.90 Å². The number of rotatable bonds is 5. The summed E-state index contributed by atoms with van der Waals surface area (Å²) in [4.78, 5) is 16.2. The van der Waals surface area contributed by atoms with Gasteiger partial charge >= 0.3 is 6.03 Å². The topological polar surface area (TPSA) is 44.4 Å². The second-order valence-corrected chi connectivity index (χ2v) is 8.42. The van der Waals surface area contributed by atoms with Crippen LogP contribution in [0.5, 0.6) is 0 Å². The Morgan fingerprint density at radius 3 is 2.33 bits per heavy atom. The lowest BCUT2D eigenvalue weighted by Crippen LogP contribution is -2.50. The molecular weight excluding hydrogens is 354 g/mol. The number of thioether (sulfide) groups is 1. The van der Waals surface area contributed by atoms with Crippen molar-refractivity contribution in [2.75, 3.05) is 11.6 Å². The SMILES string of the molecule is CSc1ccc(NC(=O)NC2CC3CCC(C2)N3Cc2ccccc2)cc1. The van der Waals surface area contributed by atoms with Crippen molar-refractivity contribution < 1.29 is 4.79 Å². The van der Waals surface area contributed by atoms with Gasteiger partial charge in [0.2, 0.25) is 0 Å². The van der Waals surface area contributed by atoms with Gasteiger partial charge in [0.25, 0.3) is 0 Å². The van der Waals surface area contributed by atoms with E-state index >= 15 is 0 Å². The molecule has 2 N–H and O–H groups in total. The molecule has 2 saturated heterocycles. The molecule has 0 spiro atoms. The Morgan fingerprint density at radius 1 is 1.04 bits per heavy atom. The van der Waals surface area contributed by atoms with Gasteiger partial charge in [-0.2, -0.15) is 0 Å². The van der Waals surface area contributed by atoms with E-state index in [0.717, 1.165) is 25.1 Å². The first-order chi connectivity index (χ1) is 13.2. The molecule has 4 rings (SSSR count). The predicted octanol–water partition coefficient (Wildman–Crippen LogP) is 4.73. The monoisotopic (exact) mass is 381 g/mol. The summed E-state index contributed by atoms with van der Waals surface area (Å²) in [5, 5.41) is 6.17. The van der Waals surface area contributed by atoms with Gasteiger partial charge in [0.15, 0.2) is 0 Å². The minimum Gasteiger partial charge on any atom is -0.335 e. The molecule has 0 aromatic heterocycles. The lowest BCUT2D eigenvalue weighted by atomic mass is 9.96. The molecule has 2 fully saturated rings. The molecule has 2 amide bonds. The molecule has 2 heterocycles. The quantitative estimate of drug-likeness (QED) is 0.736. The number of carbonyl (C=O) groups is 1. The van der Waals surface area contributed by atoms with Crippen molar-refractivity contribution in [1.29, 1.82) is 0 Å². The third-order valence-electron chi connectivity index (χ3n) is 5.78. The molecule has 0 aliphatic carbocycles. The zero-order valence-corrected chi connectivity index (χ0v) is 16.5. The zero-order chi connectivity index (χ0) is 18.6. The van der Waals surface area contributed by atoms with Crippen LogP contribution in [-0.2, 0) is 6.54 Å². The number of fused-ring (bicyclic) bond motifs is 2. The summed E-state index contributed by atoms with van der Waals surface area (Å²) in [5.41, 5.74) is 2.22. The second-order valence-electron chi connectivity index (χ2n) is 7.54. The van der Waals surface area contributed by atoms with Crippen LogP contribution >= 0.6 is 11.8 Å². The first-order valence-corrected chi connectivity index (χ1v) is 10.9. The van der Waals surface area contributed by atoms with Crippen molar-refractivity contribution in [2.45, 2.75) is 55.2 Å². The zero-order valence-electron chi connectivity index (χ0n) is 15.7. The molecule has 0 saturated carbocycles. The van der Waals surface area contributed by atoms with E-state index in [4.69, 9.17) is 0 Å². The smallest absolute Gasteiger partial charge is 0.319 e. The van der Waals surface area contributed by atoms with Gasteiger partial charge < -0.3 is 10.6 Å². The Bertz CT molecular complexity index is 751. The first-order valence-electron chi connectivity index (χ1n) is 9.72. The van der Waals surface area contributed by atoms with E-state index < -0.39 is 0 Å². The third kappa shape index (κ3) is 4.47. The van der Waals surface area contributed by atoms with Crippen LogP contribution in [0.25, 0.3) is 0 Å². The van der Waals surface area contributed by atoms with Crippen molar-refractivity contribution in [3.63, 3.8) is 0 Å². The van der Waals surface area contributed by atoms with E-state index in [2.05, 4.69) is 45.9 Å². The molecule has 27 heavy (non-hydrogen) atoms. The molecule has 0 radical (unpaired) electrons. The number of anilines is 1. The lowest BCUT2D eigenvalue weighted by Gasteiger charge is -2.39. The largest absolute Gasteiger partial charge is 0.335 e. The van der Waals surface area contributed by atoms with Gasteiger partial charge in [0.05, 0.1) is 0 Å². The molecule has 142 valence electrons. The normalized spacial score (nSPS) is 24.6. The van der Waals surface area contributed by atoms with E-state index in [0.29, 0.717) is 12.1 Å². The third-order valence-corrected chi connectivity index (χ3v) is 6.52. The fraction of sp³-hybridized carbons (Fsp3) is 0.409. The van der Waals surface area contributed by atoms with Crippen LogP contribution in [0.2, 0.25) is 0 Å². The fourth-order valence-electron chi connectivity index (χ4n) is 4.47. The van der Waals surface area contributed by atoms with Crippen molar-refractivity contribution >= 4 is 23.5 Å². The molecule has 2 atom stereocenters. The number of nitrogens with zero attached hydrogens (tertiary/aromatic N) is 1. The van der Waals surface area contributed by atoms with Crippen LogP contribution < -0.4 is 10.6 Å². The summed E-state index contributed by atoms with van der Waals surface area (Å²) < 4.78 is 0. The summed E-state index contributed by atoms with van der Waals surface area (Å²) in [6.07, 6.45) is 6.62. The fourth-order valence-corrected chi connectivity index (χ4v) is 4.88. The van der Waals surface area contributed by atoms with E-state index in [-0.39, 0.29) is 12.1 Å². The minimum absolute atomic E-state index is 0.0900. The van der Waals surface area contributed by atoms with Crippen LogP contribution in [0.15, 0.2) is 59.5 Å². The Kier molecular flexibility index (Phi) is 5.69. The Balaban J connectivity index is 1.31. The van der Waals surface area contributed by atoms with E-state index in [1.165, 1.54) is 23.3 Å². The molecule has 2 aliphatic heterocycles. The Labute approximate surface area is 165 Å². The number of hydrogen-bond acceptors (Lipinski definition) is 3. The number of piperidine rings is 1. The Hall–Kier alpha value is -1.98. The number of urea groups is 1. The van der Waals surface area contributed by atoms with Gasteiger partial charge in [-0.05, 0) is 61.8 Å². The van der Waals surface area contributed by atoms with E-state index in [1.54, 1.807) is 11.8 Å². The summed E-state index contributed by atoms with van der Waals surface area (Å²) >= 11 is 1.70. The number of carbonyl (C=O) groups excluding carboxylic acids is 1. The highest BCUT2D eigenvalue weighted by Gasteiger charge is 2.40. The van der Waals surface area contributed by atoms with Crippen molar-refractivity contribution in [3.05, 3.63) is 60.2 Å². The predicted molar refractivity (Wildman–Crippen MR) is 112 cm³/mol. The highest BCUT2D eigenvalue weighted by Crippen LogP contribution is 2.36. The Morgan fingerprint density at radius 2 is 1.70 bits per heavy atom. The maximum absolute atomic E-state index is 12.4. The maximum atomic E-state index is 12.4. The van der Waals surface area contributed by atoms with Crippen LogP contribution in [0.1, 0.15) is 31.2 Å². The molecular formula is C22H27N3OS. The van der Waals surface area contributed by atoms with Crippen LogP contribution in [0, 0.1) is 0 Å². The average molecular weight is 382 g/mol. The van der Waals surface area contributed by atoms with Crippen molar-refractivity contribution in [1.82, 2.24) is 10.2 Å². The standard InChI is InChI=1S/C22H27N3OS/c1-27-21-11-7-17(8-12-21)23-22(26)24-18-13-19-9-10-20(14-18)25(19)15-16-5-3-2-4-6-16/h2-8,11-12,18-20H,9-10,13-15H2,1H3,(H2,23,24,26). The van der Waals surface area contributed by atoms with Crippen LogP contribution in [0.4, 0.5) is 10.5 Å². The first kappa shape index (κ1) is 18.4. The van der Waals surface area contributed by atoms with Gasteiger partial charge in [-0.1, -0.05) is 30.3 Å². The van der Waals surface area contributed by atoms with Gasteiger partial charge in [-0.25, -0.2) is 4.79 Å². The van der Waals surface area contributed by atoms with Gasteiger partial charge in [-0.15, -0.1) is 11.8 Å². The van der Waals surface area contributed by atoms with Gasteiger partial charge in [0.1, 0.15) is 0 Å². The van der Waals surface area contributed by atoms with E-state index in [1.807, 2.05) is 30.5 Å². The second kappa shape index (κ2) is 8.36. The van der Waals surface area contributed by atoms with Crippen LogP contribution in [0.3, 0.4) is 0 Å². The number of benzene rings is 2. The average Bonchev–Trinajstić information content (AvgIpc) is 2.91. The minimum atomic E-state index is -0.0900. The summed E-state index contributed by atoms with van der Waals surface area (Å²) in [7, 11) is 0. The molecule has 5 heteroatoms.